The number of aromatic nitrogens is 2. The molecule has 0 aliphatic carbocycles. The minimum atomic E-state index is -0.813. The van der Waals surface area contributed by atoms with Crippen molar-refractivity contribution in [2.24, 2.45) is 5.92 Å². The highest BCUT2D eigenvalue weighted by molar-refractivity contribution is 5.80. The van der Waals surface area contributed by atoms with E-state index in [-0.39, 0.29) is 5.97 Å². The first-order valence-electron chi connectivity index (χ1n) is 6.20. The van der Waals surface area contributed by atoms with Gasteiger partial charge in [0.2, 0.25) is 0 Å². The lowest BCUT2D eigenvalue weighted by atomic mass is 9.92. The van der Waals surface area contributed by atoms with E-state index in [1.807, 2.05) is 13.0 Å². The molecule has 0 saturated carbocycles. The Morgan fingerprint density at radius 3 is 2.50 bits per heavy atom. The summed E-state index contributed by atoms with van der Waals surface area (Å²) in [7, 11) is 1.38. The fraction of sp³-hybridized carbons (Fsp3) is 0.643. The molecule has 0 aliphatic heterocycles. The zero-order valence-electron chi connectivity index (χ0n) is 12.1. The highest BCUT2D eigenvalue weighted by Gasteiger charge is 2.34. The number of nitrogens with zero attached hydrogens (tertiary/aromatic N) is 2. The number of carbonyl (C=O) groups is 1. The first-order valence-corrected chi connectivity index (χ1v) is 6.20. The Labute approximate surface area is 109 Å². The Bertz CT molecular complexity index is 439. The first kappa shape index (κ1) is 14.6. The van der Waals surface area contributed by atoms with E-state index >= 15 is 0 Å². The van der Waals surface area contributed by atoms with Crippen molar-refractivity contribution in [2.75, 3.05) is 7.11 Å². The zero-order chi connectivity index (χ0) is 13.9. The van der Waals surface area contributed by atoms with Gasteiger partial charge in [0.15, 0.2) is 0 Å². The van der Waals surface area contributed by atoms with Crippen molar-refractivity contribution < 1.29 is 9.53 Å². The van der Waals surface area contributed by atoms with Crippen molar-refractivity contribution in [3.05, 3.63) is 23.3 Å². The van der Waals surface area contributed by atoms with Crippen molar-refractivity contribution in [3.8, 4) is 0 Å². The third-order valence-electron chi connectivity index (χ3n) is 2.78. The van der Waals surface area contributed by atoms with Crippen LogP contribution in [0.4, 0.5) is 0 Å². The Balaban J connectivity index is 3.16. The van der Waals surface area contributed by atoms with E-state index in [1.54, 1.807) is 13.8 Å². The van der Waals surface area contributed by atoms with Crippen molar-refractivity contribution in [1.82, 2.24) is 9.97 Å². The third kappa shape index (κ3) is 3.28. The van der Waals surface area contributed by atoms with Crippen molar-refractivity contribution in [2.45, 2.75) is 46.5 Å². The van der Waals surface area contributed by atoms with Crippen LogP contribution >= 0.6 is 0 Å². The maximum Gasteiger partial charge on any atom is 0.318 e. The second kappa shape index (κ2) is 5.46. The number of ether oxygens (including phenoxy) is 1. The van der Waals surface area contributed by atoms with Crippen molar-refractivity contribution in [1.29, 1.82) is 0 Å². The summed E-state index contributed by atoms with van der Waals surface area (Å²) in [6.45, 7) is 9.77. The molecule has 0 amide bonds. The van der Waals surface area contributed by atoms with Gasteiger partial charge in [0.05, 0.1) is 7.11 Å². The number of carbonyl (C=O) groups excluding carboxylic acids is 1. The average molecular weight is 250 g/mol. The molecule has 1 aromatic rings. The fourth-order valence-electron chi connectivity index (χ4n) is 1.78. The van der Waals surface area contributed by atoms with Crippen LogP contribution in [0.1, 0.15) is 44.9 Å². The van der Waals surface area contributed by atoms with Gasteiger partial charge in [-0.2, -0.15) is 0 Å². The number of hydrogen-bond donors (Lipinski definition) is 0. The van der Waals surface area contributed by atoms with Crippen LogP contribution in [0.3, 0.4) is 0 Å². The molecule has 0 N–H and O–H groups in total. The average Bonchev–Trinajstić information content (AvgIpc) is 2.26. The molecular weight excluding hydrogens is 228 g/mol. The molecule has 1 rings (SSSR count). The van der Waals surface area contributed by atoms with Gasteiger partial charge in [0.1, 0.15) is 11.2 Å². The van der Waals surface area contributed by atoms with Crippen molar-refractivity contribution in [3.63, 3.8) is 0 Å². The Morgan fingerprint density at radius 1 is 1.39 bits per heavy atom. The monoisotopic (exact) mass is 250 g/mol. The van der Waals surface area contributed by atoms with Gasteiger partial charge in [0, 0.05) is 11.4 Å². The summed E-state index contributed by atoms with van der Waals surface area (Å²) in [6, 6.07) is 1.97. The summed E-state index contributed by atoms with van der Waals surface area (Å²) in [5, 5.41) is 0. The molecule has 0 spiro atoms. The van der Waals surface area contributed by atoms with Gasteiger partial charge in [-0.3, -0.25) is 4.79 Å². The minimum Gasteiger partial charge on any atom is -0.468 e. The van der Waals surface area contributed by atoms with Crippen LogP contribution in [0.5, 0.6) is 0 Å². The highest BCUT2D eigenvalue weighted by atomic mass is 16.5. The summed E-state index contributed by atoms with van der Waals surface area (Å²) in [5.41, 5.74) is 1.05. The van der Waals surface area contributed by atoms with Gasteiger partial charge < -0.3 is 4.74 Å². The normalized spacial score (nSPS) is 11.7. The Hall–Kier alpha value is -1.45. The molecule has 0 saturated heterocycles. The molecule has 100 valence electrons. The summed E-state index contributed by atoms with van der Waals surface area (Å²) in [5.74, 6) is 0.738. The summed E-state index contributed by atoms with van der Waals surface area (Å²) in [4.78, 5) is 20.6. The highest BCUT2D eigenvalue weighted by Crippen LogP contribution is 2.22. The van der Waals surface area contributed by atoms with Crippen LogP contribution in [0, 0.1) is 12.8 Å². The van der Waals surface area contributed by atoms with Crippen LogP contribution in [0.2, 0.25) is 0 Å². The van der Waals surface area contributed by atoms with Crippen LogP contribution in [0.25, 0.3) is 0 Å². The Morgan fingerprint density at radius 2 is 2.00 bits per heavy atom. The summed E-state index contributed by atoms with van der Waals surface area (Å²) in [6.07, 6.45) is 0.883. The van der Waals surface area contributed by atoms with Gasteiger partial charge in [-0.15, -0.1) is 0 Å². The number of methoxy groups -OCH3 is 1. The number of rotatable bonds is 4. The molecule has 0 bridgehead atoms. The smallest absolute Gasteiger partial charge is 0.318 e. The van der Waals surface area contributed by atoms with Crippen LogP contribution < -0.4 is 0 Å². The first-order chi connectivity index (χ1) is 8.27. The lowest BCUT2D eigenvalue weighted by molar-refractivity contribution is -0.146. The number of aryl methyl sites for hydroxylation is 1. The number of esters is 1. The van der Waals surface area contributed by atoms with Crippen LogP contribution in [0.15, 0.2) is 6.07 Å². The molecule has 0 aliphatic rings. The largest absolute Gasteiger partial charge is 0.468 e. The van der Waals surface area contributed by atoms with E-state index in [2.05, 4.69) is 23.8 Å². The standard InChI is InChI=1S/C14H22N2O2/c1-9(2)7-11-8-10(3)15-12(16-11)14(4,5)13(17)18-6/h8-9H,7H2,1-6H3. The molecule has 0 unspecified atom stereocenters. The van der Waals surface area contributed by atoms with Gasteiger partial charge in [-0.05, 0) is 39.2 Å². The molecule has 1 heterocycles. The molecule has 18 heavy (non-hydrogen) atoms. The topological polar surface area (TPSA) is 52.1 Å². The molecule has 1 aromatic heterocycles. The third-order valence-corrected chi connectivity index (χ3v) is 2.78. The van der Waals surface area contributed by atoms with Gasteiger partial charge in [0.25, 0.3) is 0 Å². The molecule has 0 aromatic carbocycles. The minimum absolute atomic E-state index is 0.316. The molecule has 0 radical (unpaired) electrons. The molecule has 0 atom stereocenters. The fourth-order valence-corrected chi connectivity index (χ4v) is 1.78. The van der Waals surface area contributed by atoms with E-state index in [1.165, 1.54) is 7.11 Å². The Kier molecular flexibility index (Phi) is 4.43. The maximum absolute atomic E-state index is 11.8. The van der Waals surface area contributed by atoms with Crippen molar-refractivity contribution >= 4 is 5.97 Å². The summed E-state index contributed by atoms with van der Waals surface area (Å²) < 4.78 is 4.81. The molecule has 4 heteroatoms. The number of hydrogen-bond acceptors (Lipinski definition) is 4. The predicted molar refractivity (Wildman–Crippen MR) is 70.4 cm³/mol. The molecule has 4 nitrogen and oxygen atoms in total. The lowest BCUT2D eigenvalue weighted by Crippen LogP contribution is -2.33. The predicted octanol–water partition coefficient (Wildman–Crippen LogP) is 2.43. The van der Waals surface area contributed by atoms with Gasteiger partial charge in [-0.25, -0.2) is 9.97 Å². The zero-order valence-corrected chi connectivity index (χ0v) is 12.1. The lowest BCUT2D eigenvalue weighted by Gasteiger charge is -2.21. The van der Waals surface area contributed by atoms with Gasteiger partial charge >= 0.3 is 5.97 Å². The van der Waals surface area contributed by atoms with E-state index in [9.17, 15) is 4.79 Å². The van der Waals surface area contributed by atoms with E-state index in [0.717, 1.165) is 17.8 Å². The van der Waals surface area contributed by atoms with E-state index < -0.39 is 5.41 Å². The molecule has 0 fully saturated rings. The second-order valence-electron chi connectivity index (χ2n) is 5.54. The van der Waals surface area contributed by atoms with Crippen LogP contribution in [-0.2, 0) is 21.4 Å². The second-order valence-corrected chi connectivity index (χ2v) is 5.54. The molecular formula is C14H22N2O2. The van der Waals surface area contributed by atoms with E-state index in [4.69, 9.17) is 4.74 Å². The SMILES string of the molecule is COC(=O)C(C)(C)c1nc(C)cc(CC(C)C)n1. The van der Waals surface area contributed by atoms with E-state index in [0.29, 0.717) is 11.7 Å². The van der Waals surface area contributed by atoms with Crippen LogP contribution in [-0.4, -0.2) is 23.0 Å². The quantitative estimate of drug-likeness (QED) is 0.770. The maximum atomic E-state index is 11.8. The summed E-state index contributed by atoms with van der Waals surface area (Å²) >= 11 is 0. The van der Waals surface area contributed by atoms with Gasteiger partial charge in [-0.1, -0.05) is 13.8 Å².